The molecule has 0 bridgehead atoms. The minimum absolute atomic E-state index is 0.0456. The Balaban J connectivity index is 2.23. The second-order valence-corrected chi connectivity index (χ2v) is 6.05. The van der Waals surface area contributed by atoms with E-state index >= 15 is 0 Å². The molecule has 0 saturated heterocycles. The standard InChI is InChI=1S/C13H26N2O3/c1-10(7-12(2,3)18-4)15-11(17)14-8-13(9-16)5-6-13/h10,16H,5-9H2,1-4H3,(H2,14,15,17). The molecule has 0 radical (unpaired) electrons. The van der Waals surface area contributed by atoms with Crippen molar-refractivity contribution >= 4 is 6.03 Å². The van der Waals surface area contributed by atoms with Gasteiger partial charge in [-0.2, -0.15) is 0 Å². The highest BCUT2D eigenvalue weighted by Gasteiger charge is 2.42. The first kappa shape index (κ1) is 15.2. The maximum absolute atomic E-state index is 11.7. The molecule has 0 heterocycles. The molecule has 0 aromatic carbocycles. The number of hydrogen-bond acceptors (Lipinski definition) is 3. The van der Waals surface area contributed by atoms with E-state index in [1.54, 1.807) is 7.11 Å². The summed E-state index contributed by atoms with van der Waals surface area (Å²) in [6.45, 7) is 6.65. The maximum atomic E-state index is 11.7. The maximum Gasteiger partial charge on any atom is 0.315 e. The van der Waals surface area contributed by atoms with Crippen LogP contribution in [-0.2, 0) is 4.74 Å². The minimum Gasteiger partial charge on any atom is -0.396 e. The molecule has 1 aliphatic rings. The third-order valence-corrected chi connectivity index (χ3v) is 3.64. The molecule has 18 heavy (non-hydrogen) atoms. The number of carbonyl (C=O) groups excluding carboxylic acids is 1. The van der Waals surface area contributed by atoms with Gasteiger partial charge >= 0.3 is 6.03 Å². The van der Waals surface area contributed by atoms with Gasteiger partial charge in [0.25, 0.3) is 0 Å². The summed E-state index contributed by atoms with van der Waals surface area (Å²) in [5.74, 6) is 0. The van der Waals surface area contributed by atoms with E-state index in [-0.39, 0.29) is 29.7 Å². The monoisotopic (exact) mass is 258 g/mol. The summed E-state index contributed by atoms with van der Waals surface area (Å²) in [7, 11) is 1.67. The van der Waals surface area contributed by atoms with Gasteiger partial charge in [-0.15, -0.1) is 0 Å². The Morgan fingerprint density at radius 1 is 1.50 bits per heavy atom. The number of aliphatic hydroxyl groups excluding tert-OH is 1. The summed E-state index contributed by atoms with van der Waals surface area (Å²) in [6.07, 6.45) is 2.74. The van der Waals surface area contributed by atoms with Crippen LogP contribution in [0.25, 0.3) is 0 Å². The zero-order valence-electron chi connectivity index (χ0n) is 11.9. The van der Waals surface area contributed by atoms with Crippen LogP contribution in [0.3, 0.4) is 0 Å². The number of hydrogen-bond donors (Lipinski definition) is 3. The summed E-state index contributed by atoms with van der Waals surface area (Å²) in [6, 6.07) is -0.127. The molecule has 0 aromatic heterocycles. The Hall–Kier alpha value is -0.810. The molecular formula is C13H26N2O3. The normalized spacial score (nSPS) is 19.2. The van der Waals surface area contributed by atoms with Crippen LogP contribution >= 0.6 is 0 Å². The highest BCUT2D eigenvalue weighted by atomic mass is 16.5. The largest absolute Gasteiger partial charge is 0.396 e. The minimum atomic E-state index is -0.241. The average molecular weight is 258 g/mol. The first-order valence-corrected chi connectivity index (χ1v) is 6.53. The lowest BCUT2D eigenvalue weighted by atomic mass is 10.00. The van der Waals surface area contributed by atoms with Gasteiger partial charge in [0, 0.05) is 25.1 Å². The summed E-state index contributed by atoms with van der Waals surface area (Å²) in [5, 5.41) is 14.9. The fourth-order valence-corrected chi connectivity index (χ4v) is 1.98. The molecule has 0 spiro atoms. The molecule has 1 unspecified atom stereocenters. The van der Waals surface area contributed by atoms with Crippen molar-refractivity contribution in [1.82, 2.24) is 10.6 Å². The number of ether oxygens (including phenoxy) is 1. The Labute approximate surface area is 109 Å². The molecule has 106 valence electrons. The summed E-state index contributed by atoms with van der Waals surface area (Å²) >= 11 is 0. The van der Waals surface area contributed by atoms with Crippen LogP contribution in [0.15, 0.2) is 0 Å². The number of methoxy groups -OCH3 is 1. The third-order valence-electron chi connectivity index (χ3n) is 3.64. The van der Waals surface area contributed by atoms with E-state index in [2.05, 4.69) is 10.6 Å². The van der Waals surface area contributed by atoms with Crippen molar-refractivity contribution in [1.29, 1.82) is 0 Å². The van der Waals surface area contributed by atoms with E-state index < -0.39 is 0 Å². The van der Waals surface area contributed by atoms with Crippen LogP contribution in [-0.4, -0.2) is 43.0 Å². The van der Waals surface area contributed by atoms with Gasteiger partial charge in [-0.25, -0.2) is 4.79 Å². The quantitative estimate of drug-likeness (QED) is 0.644. The number of aliphatic hydroxyl groups is 1. The fourth-order valence-electron chi connectivity index (χ4n) is 1.98. The van der Waals surface area contributed by atoms with Crippen LogP contribution in [0.1, 0.15) is 40.0 Å². The summed E-state index contributed by atoms with van der Waals surface area (Å²) in [5.41, 5.74) is -0.290. The number of rotatable bonds is 7. The first-order chi connectivity index (χ1) is 8.32. The van der Waals surface area contributed by atoms with Crippen molar-refractivity contribution in [2.24, 2.45) is 5.41 Å². The van der Waals surface area contributed by atoms with Gasteiger partial charge in [0.2, 0.25) is 0 Å². The predicted molar refractivity (Wildman–Crippen MR) is 70.5 cm³/mol. The summed E-state index contributed by atoms with van der Waals surface area (Å²) < 4.78 is 5.33. The zero-order chi connectivity index (χ0) is 13.8. The first-order valence-electron chi connectivity index (χ1n) is 6.53. The van der Waals surface area contributed by atoms with Crippen LogP contribution in [0.2, 0.25) is 0 Å². The van der Waals surface area contributed by atoms with Gasteiger partial charge < -0.3 is 20.5 Å². The van der Waals surface area contributed by atoms with E-state index in [1.165, 1.54) is 0 Å². The zero-order valence-corrected chi connectivity index (χ0v) is 11.9. The van der Waals surface area contributed by atoms with Crippen molar-refractivity contribution < 1.29 is 14.6 Å². The highest BCUT2D eigenvalue weighted by Crippen LogP contribution is 2.44. The highest BCUT2D eigenvalue weighted by molar-refractivity contribution is 5.74. The topological polar surface area (TPSA) is 70.6 Å². The van der Waals surface area contributed by atoms with E-state index in [0.717, 1.165) is 19.3 Å². The van der Waals surface area contributed by atoms with Gasteiger partial charge in [-0.05, 0) is 40.0 Å². The van der Waals surface area contributed by atoms with Gasteiger partial charge in [0.05, 0.1) is 12.2 Å². The molecule has 5 heteroatoms. The molecule has 1 saturated carbocycles. The molecule has 2 amide bonds. The van der Waals surface area contributed by atoms with Crippen LogP contribution in [0.5, 0.6) is 0 Å². The molecule has 1 atom stereocenters. The van der Waals surface area contributed by atoms with Crippen LogP contribution in [0, 0.1) is 5.41 Å². The second kappa shape index (κ2) is 5.89. The lowest BCUT2D eigenvalue weighted by Crippen LogP contribution is -2.45. The van der Waals surface area contributed by atoms with Crippen molar-refractivity contribution in [3.05, 3.63) is 0 Å². The van der Waals surface area contributed by atoms with E-state index in [4.69, 9.17) is 9.84 Å². The average Bonchev–Trinajstić information content (AvgIpc) is 3.06. The van der Waals surface area contributed by atoms with Gasteiger partial charge in [-0.1, -0.05) is 0 Å². The smallest absolute Gasteiger partial charge is 0.315 e. The van der Waals surface area contributed by atoms with Crippen molar-refractivity contribution in [3.8, 4) is 0 Å². The number of amides is 2. The van der Waals surface area contributed by atoms with Crippen LogP contribution < -0.4 is 10.6 Å². The Morgan fingerprint density at radius 2 is 2.11 bits per heavy atom. The van der Waals surface area contributed by atoms with E-state index in [9.17, 15) is 4.79 Å². The van der Waals surface area contributed by atoms with E-state index in [0.29, 0.717) is 6.54 Å². The molecule has 3 N–H and O–H groups in total. The predicted octanol–water partition coefficient (Wildman–Crippen LogP) is 1.26. The second-order valence-electron chi connectivity index (χ2n) is 6.05. The fraction of sp³-hybridized carbons (Fsp3) is 0.923. The lowest BCUT2D eigenvalue weighted by Gasteiger charge is -2.27. The van der Waals surface area contributed by atoms with Crippen molar-refractivity contribution in [2.75, 3.05) is 20.3 Å². The van der Waals surface area contributed by atoms with E-state index in [1.807, 2.05) is 20.8 Å². The SMILES string of the molecule is COC(C)(C)CC(C)NC(=O)NCC1(CO)CC1. The van der Waals surface area contributed by atoms with Gasteiger partial charge in [-0.3, -0.25) is 0 Å². The Morgan fingerprint density at radius 3 is 2.56 bits per heavy atom. The lowest BCUT2D eigenvalue weighted by molar-refractivity contribution is 0.00949. The molecule has 1 aliphatic carbocycles. The molecular weight excluding hydrogens is 232 g/mol. The van der Waals surface area contributed by atoms with Crippen LogP contribution in [0.4, 0.5) is 4.79 Å². The van der Waals surface area contributed by atoms with Crippen molar-refractivity contribution in [2.45, 2.75) is 51.7 Å². The molecule has 0 aliphatic heterocycles. The third kappa shape index (κ3) is 4.82. The Bertz CT molecular complexity index is 288. The summed E-state index contributed by atoms with van der Waals surface area (Å²) in [4.78, 5) is 11.7. The van der Waals surface area contributed by atoms with Crippen molar-refractivity contribution in [3.63, 3.8) is 0 Å². The molecule has 1 rings (SSSR count). The molecule has 5 nitrogen and oxygen atoms in total. The molecule has 1 fully saturated rings. The molecule has 0 aromatic rings. The Kier molecular flexibility index (Phi) is 4.99. The number of carbonyl (C=O) groups is 1. The van der Waals surface area contributed by atoms with Gasteiger partial charge in [0.1, 0.15) is 0 Å². The number of urea groups is 1. The van der Waals surface area contributed by atoms with Gasteiger partial charge in [0.15, 0.2) is 0 Å². The number of nitrogens with one attached hydrogen (secondary N) is 2.